The first kappa shape index (κ1) is 29.5. The lowest BCUT2D eigenvalue weighted by atomic mass is 9.95. The van der Waals surface area contributed by atoms with Gasteiger partial charge >= 0.3 is 11.9 Å². The molecule has 0 aliphatic carbocycles. The Morgan fingerprint density at radius 2 is 1.93 bits per heavy atom. The molecule has 1 atom stereocenters. The lowest BCUT2D eigenvalue weighted by molar-refractivity contribution is -0.132. The maximum atomic E-state index is 13.5. The van der Waals surface area contributed by atoms with Gasteiger partial charge in [-0.05, 0) is 43.2 Å². The molecule has 1 saturated heterocycles. The fraction of sp³-hybridized carbons (Fsp3) is 0.300. The number of carbonyl (C=O) groups excluding carboxylic acids is 3. The second-order valence-corrected chi connectivity index (χ2v) is 10.1. The molecule has 3 aromatic rings. The summed E-state index contributed by atoms with van der Waals surface area (Å²) in [4.78, 5) is 49.4. The van der Waals surface area contributed by atoms with E-state index in [-0.39, 0.29) is 27.9 Å². The zero-order valence-electron chi connectivity index (χ0n) is 23.1. The van der Waals surface area contributed by atoms with E-state index in [1.165, 1.54) is 42.6 Å². The molecule has 4 rings (SSSR count). The number of esters is 1. The summed E-state index contributed by atoms with van der Waals surface area (Å²) in [6.45, 7) is 7.78. The van der Waals surface area contributed by atoms with Gasteiger partial charge in [0.25, 0.3) is 5.78 Å². The zero-order valence-corrected chi connectivity index (χ0v) is 23.9. The minimum absolute atomic E-state index is 0.00854. The Kier molecular flexibility index (Phi) is 9.51. The average Bonchev–Trinajstić information content (AvgIpc) is 3.50. The fourth-order valence-corrected chi connectivity index (χ4v) is 5.38. The van der Waals surface area contributed by atoms with Crippen LogP contribution in [0.1, 0.15) is 58.7 Å². The highest BCUT2D eigenvalue weighted by molar-refractivity contribution is 7.17. The van der Waals surface area contributed by atoms with Crippen molar-refractivity contribution in [2.24, 2.45) is 0 Å². The van der Waals surface area contributed by atoms with E-state index >= 15 is 0 Å². The third-order valence-corrected chi connectivity index (χ3v) is 7.55. The molecule has 10 nitrogen and oxygen atoms in total. The highest BCUT2D eigenvalue weighted by atomic mass is 32.1. The number of unbranched alkanes of at least 4 members (excludes halogenated alkanes) is 2. The number of ketones is 1. The summed E-state index contributed by atoms with van der Waals surface area (Å²) in [7, 11) is 1.50. The Morgan fingerprint density at radius 1 is 1.17 bits per heavy atom. The van der Waals surface area contributed by atoms with Crippen LogP contribution in [-0.2, 0) is 14.3 Å². The summed E-state index contributed by atoms with van der Waals surface area (Å²) in [5.41, 5.74) is 0.988. The van der Waals surface area contributed by atoms with Crippen LogP contribution >= 0.6 is 11.3 Å². The van der Waals surface area contributed by atoms with E-state index in [2.05, 4.69) is 23.5 Å². The number of thiazole rings is 1. The molecular formula is C30H31N3O7S. The topological polar surface area (TPSA) is 128 Å². The van der Waals surface area contributed by atoms with Gasteiger partial charge in [-0.3, -0.25) is 19.5 Å². The maximum Gasteiger partial charge on any atom is 0.350 e. The third kappa shape index (κ3) is 6.14. The quantitative estimate of drug-likeness (QED) is 0.0752. The number of Topliss-reactive ketones (excluding diaryl/α,β-unsaturated/α-hetero) is 1. The average molecular weight is 578 g/mol. The van der Waals surface area contributed by atoms with Gasteiger partial charge in [0.2, 0.25) is 0 Å². The predicted octanol–water partition coefficient (Wildman–Crippen LogP) is 5.39. The van der Waals surface area contributed by atoms with E-state index in [9.17, 15) is 19.5 Å². The van der Waals surface area contributed by atoms with Crippen LogP contribution in [0.3, 0.4) is 0 Å². The molecule has 1 aromatic carbocycles. The molecular weight excluding hydrogens is 546 g/mol. The van der Waals surface area contributed by atoms with Crippen molar-refractivity contribution in [3.8, 4) is 11.5 Å². The molecule has 1 aliphatic heterocycles. The number of hydrogen-bond donors (Lipinski definition) is 1. The van der Waals surface area contributed by atoms with Crippen molar-refractivity contribution in [3.63, 3.8) is 0 Å². The monoisotopic (exact) mass is 577 g/mol. The van der Waals surface area contributed by atoms with Gasteiger partial charge in [-0.15, -0.1) is 0 Å². The van der Waals surface area contributed by atoms with Gasteiger partial charge in [0, 0.05) is 18.0 Å². The molecule has 214 valence electrons. The molecule has 11 heteroatoms. The first-order chi connectivity index (χ1) is 19.8. The summed E-state index contributed by atoms with van der Waals surface area (Å²) < 4.78 is 16.7. The van der Waals surface area contributed by atoms with Crippen molar-refractivity contribution in [1.29, 1.82) is 0 Å². The number of benzene rings is 1. The normalized spacial score (nSPS) is 16.1. The Balaban J connectivity index is 1.84. The van der Waals surface area contributed by atoms with Gasteiger partial charge < -0.3 is 19.3 Å². The minimum atomic E-state index is -1.08. The number of aliphatic hydroxyl groups excluding tert-OH is 1. The van der Waals surface area contributed by atoms with E-state index in [0.29, 0.717) is 34.9 Å². The number of hydrogen-bond acceptors (Lipinski definition) is 10. The summed E-state index contributed by atoms with van der Waals surface area (Å²) in [6, 6.07) is 7.08. The van der Waals surface area contributed by atoms with E-state index < -0.39 is 23.7 Å². The third-order valence-electron chi connectivity index (χ3n) is 6.42. The largest absolute Gasteiger partial charge is 0.507 e. The van der Waals surface area contributed by atoms with Gasteiger partial charge in [-0.25, -0.2) is 9.78 Å². The number of rotatable bonds is 12. The second-order valence-electron chi connectivity index (χ2n) is 9.17. The standard InChI is InChI=1S/C30H31N3O7S/c1-5-7-8-16-39-21-10-9-20(17-22(21)38-4)24-23(25(34)19-11-13-31-14-12-19)26(35)28(36)33(24)30-32-18(3)27(41-30)29(37)40-15-6-2/h6,9-14,17,24,34H,2,5,7-8,15-16H2,1,3-4H3. The first-order valence-corrected chi connectivity index (χ1v) is 13.9. The SMILES string of the molecule is C=CCOC(=O)c1sc(N2C(=O)C(=O)C(=C(O)c3ccncc3)C2c2ccc(OCCCCC)c(OC)c2)nc1C. The van der Waals surface area contributed by atoms with E-state index in [1.54, 1.807) is 25.1 Å². The molecule has 1 N–H and O–H groups in total. The maximum absolute atomic E-state index is 13.5. The van der Waals surface area contributed by atoms with Crippen molar-refractivity contribution >= 4 is 39.9 Å². The van der Waals surface area contributed by atoms with Crippen LogP contribution in [0.5, 0.6) is 11.5 Å². The lowest BCUT2D eigenvalue weighted by Gasteiger charge is -2.24. The Morgan fingerprint density at radius 3 is 2.61 bits per heavy atom. The molecule has 0 spiro atoms. The van der Waals surface area contributed by atoms with Gasteiger partial charge in [-0.1, -0.05) is 49.8 Å². The van der Waals surface area contributed by atoms with Crippen LogP contribution in [0, 0.1) is 6.92 Å². The van der Waals surface area contributed by atoms with Gasteiger partial charge in [0.15, 0.2) is 16.6 Å². The minimum Gasteiger partial charge on any atom is -0.507 e. The molecule has 0 bridgehead atoms. The van der Waals surface area contributed by atoms with Gasteiger partial charge in [-0.2, -0.15) is 0 Å². The molecule has 3 heterocycles. The number of pyridine rings is 1. The van der Waals surface area contributed by atoms with Crippen LogP contribution < -0.4 is 14.4 Å². The molecule has 41 heavy (non-hydrogen) atoms. The van der Waals surface area contributed by atoms with Crippen molar-refractivity contribution in [1.82, 2.24) is 9.97 Å². The zero-order chi connectivity index (χ0) is 29.5. The van der Waals surface area contributed by atoms with Crippen LogP contribution in [0.25, 0.3) is 5.76 Å². The van der Waals surface area contributed by atoms with E-state index in [1.807, 2.05) is 0 Å². The fourth-order valence-electron chi connectivity index (χ4n) is 4.39. The highest BCUT2D eigenvalue weighted by Gasteiger charge is 2.48. The van der Waals surface area contributed by atoms with Gasteiger partial charge in [0.05, 0.1) is 31.0 Å². The van der Waals surface area contributed by atoms with Crippen molar-refractivity contribution in [3.05, 3.63) is 82.7 Å². The Hall–Kier alpha value is -4.51. The molecule has 1 aliphatic rings. The van der Waals surface area contributed by atoms with Crippen LogP contribution in [0.15, 0.2) is 61.0 Å². The number of aromatic nitrogens is 2. The van der Waals surface area contributed by atoms with Gasteiger partial charge in [0.1, 0.15) is 17.2 Å². The number of nitrogens with zero attached hydrogens (tertiary/aromatic N) is 3. The van der Waals surface area contributed by atoms with Crippen LogP contribution in [-0.4, -0.2) is 53.1 Å². The summed E-state index contributed by atoms with van der Waals surface area (Å²) in [5.74, 6) is -1.87. The number of methoxy groups -OCH3 is 1. The van der Waals surface area contributed by atoms with E-state index in [4.69, 9.17) is 14.2 Å². The van der Waals surface area contributed by atoms with Crippen LogP contribution in [0.2, 0.25) is 0 Å². The lowest BCUT2D eigenvalue weighted by Crippen LogP contribution is -2.29. The number of ether oxygens (including phenoxy) is 3. The van der Waals surface area contributed by atoms with Crippen molar-refractivity contribution in [2.75, 3.05) is 25.2 Å². The smallest absolute Gasteiger partial charge is 0.350 e. The Bertz CT molecular complexity index is 1480. The number of aliphatic hydroxyl groups is 1. The van der Waals surface area contributed by atoms with Crippen LogP contribution in [0.4, 0.5) is 5.13 Å². The number of anilines is 1. The molecule has 0 radical (unpaired) electrons. The predicted molar refractivity (Wildman–Crippen MR) is 154 cm³/mol. The number of aryl methyl sites for hydroxylation is 1. The first-order valence-electron chi connectivity index (χ1n) is 13.1. The second kappa shape index (κ2) is 13.2. The summed E-state index contributed by atoms with van der Waals surface area (Å²) >= 11 is 0.921. The van der Waals surface area contributed by atoms with E-state index in [0.717, 1.165) is 30.6 Å². The molecule has 0 saturated carbocycles. The number of carbonyl (C=O) groups is 3. The summed E-state index contributed by atoms with van der Waals surface area (Å²) in [6.07, 6.45) is 7.35. The molecule has 1 unspecified atom stereocenters. The summed E-state index contributed by atoms with van der Waals surface area (Å²) in [5, 5.41) is 11.4. The van der Waals surface area contributed by atoms with Crippen molar-refractivity contribution < 1.29 is 33.7 Å². The Labute approximate surface area is 241 Å². The highest BCUT2D eigenvalue weighted by Crippen LogP contribution is 2.45. The van der Waals surface area contributed by atoms with Crippen molar-refractivity contribution in [2.45, 2.75) is 39.2 Å². The number of amides is 1. The molecule has 1 amide bonds. The molecule has 1 fully saturated rings. The molecule has 2 aromatic heterocycles.